The van der Waals surface area contributed by atoms with E-state index in [0.29, 0.717) is 6.42 Å². The molecule has 2 atom stereocenters. The van der Waals surface area contributed by atoms with Gasteiger partial charge in [0.2, 0.25) is 0 Å². The monoisotopic (exact) mass is 203 g/mol. The number of nitrogens with zero attached hydrogens (tertiary/aromatic N) is 1. The van der Waals surface area contributed by atoms with Gasteiger partial charge in [-0.1, -0.05) is 19.8 Å². The topological polar surface area (TPSA) is 60.8 Å². The fourth-order valence-corrected chi connectivity index (χ4v) is 1.37. The van der Waals surface area contributed by atoms with Crippen LogP contribution in [0.2, 0.25) is 0 Å². The van der Waals surface area contributed by atoms with Crippen LogP contribution >= 0.6 is 0 Å². The summed E-state index contributed by atoms with van der Waals surface area (Å²) in [7, 11) is 3.54. The molecule has 0 heterocycles. The highest BCUT2D eigenvalue weighted by molar-refractivity contribution is 5.78. The predicted molar refractivity (Wildman–Crippen MR) is 55.3 cm³/mol. The molecule has 4 heteroatoms. The number of hydrogen-bond donors (Lipinski definition) is 2. The molecule has 4 nitrogen and oxygen atoms in total. The molecule has 0 rings (SSSR count). The van der Waals surface area contributed by atoms with Crippen LogP contribution in [-0.2, 0) is 4.79 Å². The van der Waals surface area contributed by atoms with E-state index < -0.39 is 11.6 Å². The zero-order valence-corrected chi connectivity index (χ0v) is 9.45. The van der Waals surface area contributed by atoms with E-state index >= 15 is 0 Å². The molecule has 0 radical (unpaired) electrons. The quantitative estimate of drug-likeness (QED) is 0.674. The van der Waals surface area contributed by atoms with Crippen molar-refractivity contribution in [3.8, 4) is 0 Å². The van der Waals surface area contributed by atoms with Gasteiger partial charge in [-0.15, -0.1) is 0 Å². The third kappa shape index (κ3) is 2.96. The summed E-state index contributed by atoms with van der Waals surface area (Å²) in [6.07, 6.45) is 1.91. The second kappa shape index (κ2) is 5.32. The van der Waals surface area contributed by atoms with Crippen LogP contribution in [0, 0.1) is 0 Å². The maximum Gasteiger partial charge on any atom is 0.337 e. The SMILES string of the molecule is CCCCC(O)(C(=O)O)C(C)N(C)C. The normalized spacial score (nSPS) is 17.9. The number of aliphatic carboxylic acids is 1. The van der Waals surface area contributed by atoms with E-state index in [1.165, 1.54) is 0 Å². The van der Waals surface area contributed by atoms with E-state index in [4.69, 9.17) is 5.11 Å². The van der Waals surface area contributed by atoms with E-state index in [2.05, 4.69) is 0 Å². The molecular formula is C10H21NO3. The predicted octanol–water partition coefficient (Wildman–Crippen LogP) is 0.942. The maximum atomic E-state index is 11.0. The maximum absolute atomic E-state index is 11.0. The fraction of sp³-hybridized carbons (Fsp3) is 0.900. The van der Waals surface area contributed by atoms with Crippen LogP contribution in [0.4, 0.5) is 0 Å². The summed E-state index contributed by atoms with van der Waals surface area (Å²) in [5, 5.41) is 19.0. The molecule has 0 saturated heterocycles. The van der Waals surface area contributed by atoms with Crippen molar-refractivity contribution in [2.75, 3.05) is 14.1 Å². The fourth-order valence-electron chi connectivity index (χ4n) is 1.37. The molecule has 2 N–H and O–H groups in total. The highest BCUT2D eigenvalue weighted by atomic mass is 16.4. The number of rotatable bonds is 6. The van der Waals surface area contributed by atoms with Crippen LogP contribution in [0.25, 0.3) is 0 Å². The Labute approximate surface area is 85.5 Å². The number of aliphatic hydroxyl groups is 1. The molecule has 0 aromatic carbocycles. The van der Waals surface area contributed by atoms with Crippen molar-refractivity contribution in [2.45, 2.75) is 44.8 Å². The Morgan fingerprint density at radius 1 is 1.50 bits per heavy atom. The minimum atomic E-state index is -1.63. The molecule has 0 saturated carbocycles. The lowest BCUT2D eigenvalue weighted by molar-refractivity contribution is -0.166. The largest absolute Gasteiger partial charge is 0.479 e. The van der Waals surface area contributed by atoms with Gasteiger partial charge in [0, 0.05) is 6.04 Å². The van der Waals surface area contributed by atoms with Crippen LogP contribution in [0.5, 0.6) is 0 Å². The lowest BCUT2D eigenvalue weighted by Gasteiger charge is -2.34. The number of unbranched alkanes of at least 4 members (excludes halogenated alkanes) is 1. The summed E-state index contributed by atoms with van der Waals surface area (Å²) in [6, 6.07) is -0.383. The zero-order valence-electron chi connectivity index (χ0n) is 9.45. The molecule has 0 aromatic heterocycles. The Balaban J connectivity index is 4.62. The van der Waals surface area contributed by atoms with Crippen LogP contribution in [0.3, 0.4) is 0 Å². The van der Waals surface area contributed by atoms with Gasteiger partial charge in [-0.05, 0) is 27.4 Å². The second-order valence-electron chi connectivity index (χ2n) is 3.97. The number of likely N-dealkylation sites (N-methyl/N-ethyl adjacent to an activating group) is 1. The summed E-state index contributed by atoms with van der Waals surface area (Å²) in [5.74, 6) is -1.13. The molecule has 0 bridgehead atoms. The summed E-state index contributed by atoms with van der Waals surface area (Å²) < 4.78 is 0. The molecule has 84 valence electrons. The smallest absolute Gasteiger partial charge is 0.337 e. The van der Waals surface area contributed by atoms with Gasteiger partial charge >= 0.3 is 5.97 Å². The Bertz CT molecular complexity index is 194. The Kier molecular flexibility index (Phi) is 5.08. The van der Waals surface area contributed by atoms with Crippen LogP contribution in [0.15, 0.2) is 0 Å². The lowest BCUT2D eigenvalue weighted by Crippen LogP contribution is -2.54. The molecule has 0 aliphatic rings. The molecule has 2 unspecified atom stereocenters. The lowest BCUT2D eigenvalue weighted by atomic mass is 9.89. The summed E-state index contributed by atoms with van der Waals surface area (Å²) in [4.78, 5) is 12.7. The van der Waals surface area contributed by atoms with Gasteiger partial charge in [0.25, 0.3) is 0 Å². The molecular weight excluding hydrogens is 182 g/mol. The van der Waals surface area contributed by atoms with Crippen molar-refractivity contribution in [3.63, 3.8) is 0 Å². The third-order valence-electron chi connectivity index (χ3n) is 2.75. The first-order chi connectivity index (χ1) is 6.36. The van der Waals surface area contributed by atoms with Crippen molar-refractivity contribution in [2.24, 2.45) is 0 Å². The van der Waals surface area contributed by atoms with Crippen molar-refractivity contribution < 1.29 is 15.0 Å². The van der Waals surface area contributed by atoms with Crippen molar-refractivity contribution >= 4 is 5.97 Å². The first-order valence-corrected chi connectivity index (χ1v) is 4.98. The van der Waals surface area contributed by atoms with E-state index in [1.54, 1.807) is 25.9 Å². The molecule has 0 amide bonds. The molecule has 0 aliphatic carbocycles. The van der Waals surface area contributed by atoms with Crippen LogP contribution in [-0.4, -0.2) is 46.8 Å². The van der Waals surface area contributed by atoms with Crippen molar-refractivity contribution in [3.05, 3.63) is 0 Å². The van der Waals surface area contributed by atoms with Gasteiger partial charge in [-0.25, -0.2) is 4.79 Å². The van der Waals surface area contributed by atoms with Gasteiger partial charge in [0.1, 0.15) is 0 Å². The van der Waals surface area contributed by atoms with Gasteiger partial charge in [-0.3, -0.25) is 0 Å². The Hall–Kier alpha value is -0.610. The second-order valence-corrected chi connectivity index (χ2v) is 3.97. The van der Waals surface area contributed by atoms with E-state index in [-0.39, 0.29) is 6.04 Å². The standard InChI is InChI=1S/C10H21NO3/c1-5-6-7-10(14,9(12)13)8(2)11(3)4/h8,14H,5-7H2,1-4H3,(H,12,13). The molecule has 14 heavy (non-hydrogen) atoms. The number of carboxylic acids is 1. The summed E-state index contributed by atoms with van der Waals surface area (Å²) >= 11 is 0. The minimum Gasteiger partial charge on any atom is -0.479 e. The van der Waals surface area contributed by atoms with Gasteiger partial charge in [-0.2, -0.15) is 0 Å². The Morgan fingerprint density at radius 3 is 2.29 bits per heavy atom. The van der Waals surface area contributed by atoms with E-state index in [1.807, 2.05) is 6.92 Å². The van der Waals surface area contributed by atoms with Crippen LogP contribution in [0.1, 0.15) is 33.1 Å². The first kappa shape index (κ1) is 13.4. The molecule has 0 aliphatic heterocycles. The first-order valence-electron chi connectivity index (χ1n) is 4.98. The highest BCUT2D eigenvalue weighted by Gasteiger charge is 2.42. The average Bonchev–Trinajstić information content (AvgIpc) is 2.12. The van der Waals surface area contributed by atoms with Crippen molar-refractivity contribution in [1.29, 1.82) is 0 Å². The van der Waals surface area contributed by atoms with Crippen molar-refractivity contribution in [1.82, 2.24) is 4.90 Å². The minimum absolute atomic E-state index is 0.304. The molecule has 0 spiro atoms. The van der Waals surface area contributed by atoms with E-state index in [9.17, 15) is 9.90 Å². The van der Waals surface area contributed by atoms with Gasteiger partial charge in [0.05, 0.1) is 0 Å². The van der Waals surface area contributed by atoms with Gasteiger partial charge < -0.3 is 15.1 Å². The van der Waals surface area contributed by atoms with E-state index in [0.717, 1.165) is 12.8 Å². The van der Waals surface area contributed by atoms with Gasteiger partial charge in [0.15, 0.2) is 5.60 Å². The average molecular weight is 203 g/mol. The number of carboxylic acid groups (broad SMARTS) is 1. The summed E-state index contributed by atoms with van der Waals surface area (Å²) in [6.45, 7) is 3.70. The molecule has 0 aromatic rings. The van der Waals surface area contributed by atoms with Crippen LogP contribution < -0.4 is 0 Å². The summed E-state index contributed by atoms with van der Waals surface area (Å²) in [5.41, 5.74) is -1.63. The Morgan fingerprint density at radius 2 is 2.00 bits per heavy atom. The molecule has 0 fully saturated rings. The third-order valence-corrected chi connectivity index (χ3v) is 2.75. The highest BCUT2D eigenvalue weighted by Crippen LogP contribution is 2.22. The number of hydrogen-bond acceptors (Lipinski definition) is 3. The zero-order chi connectivity index (χ0) is 11.4. The number of carbonyl (C=O) groups is 1.